The highest BCUT2D eigenvalue weighted by atomic mass is 16.7. The standard InChI is InChI=1S/C23H28N6O3/c1-3-20(28-12-10-27(11-13-28)18-5-7-19(30-2)8-6-18)23-24-25-26-29(23)15-17-4-9-21-22(14-17)32-16-31-21/h4-9,14,20H,3,10-13,15-16H2,1-2H3/t20-/m0/s1. The highest BCUT2D eigenvalue weighted by Crippen LogP contribution is 2.33. The number of rotatable bonds is 7. The quantitative estimate of drug-likeness (QED) is 0.560. The Labute approximate surface area is 187 Å². The largest absolute Gasteiger partial charge is 0.497 e. The molecule has 2 aromatic carbocycles. The van der Waals surface area contributed by atoms with Crippen LogP contribution in [-0.2, 0) is 6.54 Å². The van der Waals surface area contributed by atoms with E-state index in [2.05, 4.69) is 44.4 Å². The molecule has 3 heterocycles. The molecule has 0 saturated carbocycles. The Morgan fingerprint density at radius 1 is 1.00 bits per heavy atom. The first-order valence-electron chi connectivity index (χ1n) is 11.0. The predicted molar refractivity (Wildman–Crippen MR) is 119 cm³/mol. The van der Waals surface area contributed by atoms with Gasteiger partial charge in [0.25, 0.3) is 0 Å². The highest BCUT2D eigenvalue weighted by Gasteiger charge is 2.28. The van der Waals surface area contributed by atoms with E-state index in [1.165, 1.54) is 5.69 Å². The number of piperazine rings is 1. The van der Waals surface area contributed by atoms with Gasteiger partial charge in [-0.3, -0.25) is 4.90 Å². The number of benzene rings is 2. The molecular weight excluding hydrogens is 408 g/mol. The lowest BCUT2D eigenvalue weighted by Crippen LogP contribution is -2.48. The van der Waals surface area contributed by atoms with Crippen molar-refractivity contribution in [3.05, 3.63) is 53.9 Å². The summed E-state index contributed by atoms with van der Waals surface area (Å²) >= 11 is 0. The van der Waals surface area contributed by atoms with Crippen molar-refractivity contribution in [3.8, 4) is 17.2 Å². The fourth-order valence-corrected chi connectivity index (χ4v) is 4.46. The minimum atomic E-state index is 0.178. The fraction of sp³-hybridized carbons (Fsp3) is 0.435. The second-order valence-electron chi connectivity index (χ2n) is 8.03. The molecule has 1 fully saturated rings. The molecule has 9 nitrogen and oxygen atoms in total. The molecule has 1 atom stereocenters. The molecule has 1 aromatic heterocycles. The lowest BCUT2D eigenvalue weighted by atomic mass is 10.1. The van der Waals surface area contributed by atoms with Gasteiger partial charge >= 0.3 is 0 Å². The van der Waals surface area contributed by atoms with Crippen molar-refractivity contribution in [2.75, 3.05) is 45.0 Å². The van der Waals surface area contributed by atoms with Gasteiger partial charge in [0, 0.05) is 31.9 Å². The van der Waals surface area contributed by atoms with Gasteiger partial charge in [0.1, 0.15) is 5.75 Å². The maximum Gasteiger partial charge on any atom is 0.231 e. The number of hydrogen-bond donors (Lipinski definition) is 0. The van der Waals surface area contributed by atoms with Gasteiger partial charge in [0.05, 0.1) is 19.7 Å². The molecule has 5 rings (SSSR count). The molecule has 32 heavy (non-hydrogen) atoms. The summed E-state index contributed by atoms with van der Waals surface area (Å²) in [4.78, 5) is 4.90. The van der Waals surface area contributed by atoms with Gasteiger partial charge in [-0.05, 0) is 58.8 Å². The van der Waals surface area contributed by atoms with Gasteiger partial charge in [0.2, 0.25) is 6.79 Å². The van der Waals surface area contributed by atoms with Crippen molar-refractivity contribution in [3.63, 3.8) is 0 Å². The maximum atomic E-state index is 5.51. The Morgan fingerprint density at radius 3 is 2.53 bits per heavy atom. The van der Waals surface area contributed by atoms with E-state index in [0.29, 0.717) is 6.54 Å². The second-order valence-corrected chi connectivity index (χ2v) is 8.03. The Bertz CT molecular complexity index is 1050. The van der Waals surface area contributed by atoms with Crippen LogP contribution in [0.15, 0.2) is 42.5 Å². The SMILES string of the molecule is CC[C@@H](c1nnnn1Cc1ccc2c(c1)OCO2)N1CCN(c2ccc(OC)cc2)CC1. The molecule has 2 aliphatic heterocycles. The Hall–Kier alpha value is -3.33. The van der Waals surface area contributed by atoms with Gasteiger partial charge < -0.3 is 19.1 Å². The predicted octanol–water partition coefficient (Wildman–Crippen LogP) is 2.73. The van der Waals surface area contributed by atoms with E-state index < -0.39 is 0 Å². The zero-order valence-electron chi connectivity index (χ0n) is 18.5. The number of fused-ring (bicyclic) bond motifs is 1. The summed E-state index contributed by atoms with van der Waals surface area (Å²) in [6.45, 7) is 6.92. The number of ether oxygens (including phenoxy) is 3. The molecule has 1 saturated heterocycles. The van der Waals surface area contributed by atoms with Crippen LogP contribution in [-0.4, -0.2) is 65.2 Å². The number of hydrogen-bond acceptors (Lipinski definition) is 8. The molecule has 2 aliphatic rings. The zero-order valence-corrected chi connectivity index (χ0v) is 18.5. The van der Waals surface area contributed by atoms with Crippen LogP contribution >= 0.6 is 0 Å². The summed E-state index contributed by atoms with van der Waals surface area (Å²) in [5, 5.41) is 12.7. The van der Waals surface area contributed by atoms with Gasteiger partial charge in [-0.2, -0.15) is 0 Å². The van der Waals surface area contributed by atoms with Crippen LogP contribution in [0.3, 0.4) is 0 Å². The third-order valence-electron chi connectivity index (χ3n) is 6.21. The Balaban J connectivity index is 1.26. The van der Waals surface area contributed by atoms with E-state index in [4.69, 9.17) is 14.2 Å². The number of aromatic nitrogens is 4. The Kier molecular flexibility index (Phi) is 5.81. The molecule has 0 amide bonds. The molecule has 0 radical (unpaired) electrons. The van der Waals surface area contributed by atoms with Gasteiger partial charge in [-0.25, -0.2) is 4.68 Å². The number of anilines is 1. The van der Waals surface area contributed by atoms with Crippen LogP contribution in [0.1, 0.15) is 30.8 Å². The monoisotopic (exact) mass is 436 g/mol. The normalized spacial score (nSPS) is 16.9. The van der Waals surface area contributed by atoms with E-state index >= 15 is 0 Å². The van der Waals surface area contributed by atoms with E-state index in [9.17, 15) is 0 Å². The summed E-state index contributed by atoms with van der Waals surface area (Å²) in [7, 11) is 1.69. The third-order valence-corrected chi connectivity index (χ3v) is 6.21. The first kappa shape index (κ1) is 20.6. The Morgan fingerprint density at radius 2 is 1.78 bits per heavy atom. The van der Waals surface area contributed by atoms with E-state index in [1.807, 2.05) is 35.0 Å². The average molecular weight is 437 g/mol. The van der Waals surface area contributed by atoms with Crippen molar-refractivity contribution >= 4 is 5.69 Å². The van der Waals surface area contributed by atoms with Crippen molar-refractivity contribution in [2.45, 2.75) is 25.9 Å². The molecule has 9 heteroatoms. The summed E-state index contributed by atoms with van der Waals surface area (Å²) < 4.78 is 18.1. The summed E-state index contributed by atoms with van der Waals surface area (Å²) in [6, 6.07) is 14.4. The lowest BCUT2D eigenvalue weighted by Gasteiger charge is -2.39. The summed E-state index contributed by atoms with van der Waals surface area (Å²) in [5.41, 5.74) is 2.31. The molecule has 3 aromatic rings. The first-order valence-corrected chi connectivity index (χ1v) is 11.0. The number of methoxy groups -OCH3 is 1. The number of nitrogens with zero attached hydrogens (tertiary/aromatic N) is 6. The summed E-state index contributed by atoms with van der Waals surface area (Å²) in [5.74, 6) is 3.35. The third kappa shape index (κ3) is 4.08. The van der Waals surface area contributed by atoms with Crippen LogP contribution < -0.4 is 19.1 Å². The van der Waals surface area contributed by atoms with Crippen molar-refractivity contribution < 1.29 is 14.2 Å². The average Bonchev–Trinajstić information content (AvgIpc) is 3.50. The van der Waals surface area contributed by atoms with Gasteiger partial charge in [-0.15, -0.1) is 5.10 Å². The van der Waals surface area contributed by atoms with Crippen molar-refractivity contribution in [1.82, 2.24) is 25.1 Å². The molecule has 0 unspecified atom stereocenters. The molecule has 0 aliphatic carbocycles. The number of tetrazole rings is 1. The zero-order chi connectivity index (χ0) is 21.9. The maximum absolute atomic E-state index is 5.51. The van der Waals surface area contributed by atoms with E-state index in [0.717, 1.165) is 61.2 Å². The van der Waals surface area contributed by atoms with Crippen LogP contribution in [0.25, 0.3) is 0 Å². The summed E-state index contributed by atoms with van der Waals surface area (Å²) in [6.07, 6.45) is 0.948. The minimum absolute atomic E-state index is 0.178. The highest BCUT2D eigenvalue weighted by molar-refractivity contribution is 5.49. The van der Waals surface area contributed by atoms with Crippen molar-refractivity contribution in [2.24, 2.45) is 0 Å². The smallest absolute Gasteiger partial charge is 0.231 e. The van der Waals surface area contributed by atoms with E-state index in [-0.39, 0.29) is 12.8 Å². The van der Waals surface area contributed by atoms with Crippen molar-refractivity contribution in [1.29, 1.82) is 0 Å². The molecular formula is C23H28N6O3. The van der Waals surface area contributed by atoms with Crippen LogP contribution in [0.4, 0.5) is 5.69 Å². The molecule has 0 bridgehead atoms. The second kappa shape index (κ2) is 9.04. The van der Waals surface area contributed by atoms with Gasteiger partial charge in [0.15, 0.2) is 17.3 Å². The molecule has 0 spiro atoms. The first-order chi connectivity index (χ1) is 15.7. The molecule has 0 N–H and O–H groups in total. The minimum Gasteiger partial charge on any atom is -0.497 e. The fourth-order valence-electron chi connectivity index (χ4n) is 4.46. The van der Waals surface area contributed by atoms with Crippen LogP contribution in [0.2, 0.25) is 0 Å². The topological polar surface area (TPSA) is 77.8 Å². The van der Waals surface area contributed by atoms with Gasteiger partial charge in [-0.1, -0.05) is 13.0 Å². The molecule has 168 valence electrons. The van der Waals surface area contributed by atoms with E-state index in [1.54, 1.807) is 7.11 Å². The lowest BCUT2D eigenvalue weighted by molar-refractivity contribution is 0.169. The van der Waals surface area contributed by atoms with Crippen LogP contribution in [0, 0.1) is 0 Å². The van der Waals surface area contributed by atoms with Crippen LogP contribution in [0.5, 0.6) is 17.2 Å².